The molecular weight excluding hydrogens is 472 g/mol. The third-order valence-electron chi connectivity index (χ3n) is 6.53. The second-order valence-electron chi connectivity index (χ2n) is 9.07. The minimum Gasteiger partial charge on any atom is -0.492 e. The second kappa shape index (κ2) is 11.0. The van der Waals surface area contributed by atoms with Crippen LogP contribution in [0.5, 0.6) is 11.5 Å². The number of likely N-dealkylation sites (tertiary alicyclic amines) is 1. The van der Waals surface area contributed by atoms with Gasteiger partial charge in [0.05, 0.1) is 18.8 Å². The fourth-order valence-electron chi connectivity index (χ4n) is 4.85. The van der Waals surface area contributed by atoms with Crippen LogP contribution < -0.4 is 14.8 Å². The Morgan fingerprint density at radius 2 is 1.76 bits per heavy atom. The number of oxazole rings is 1. The van der Waals surface area contributed by atoms with E-state index in [0.29, 0.717) is 30.3 Å². The highest BCUT2D eigenvalue weighted by Gasteiger charge is 2.23. The monoisotopic (exact) mass is 504 g/mol. The SMILES string of the molecule is CCOc1cc(CN2CCC(Nc3nc4c(C(=O)O)cccc4o3)CC2)cc(OCC)c1-n1cccc1. The normalized spacial score (nSPS) is 14.6. The number of hydrogen-bond acceptors (Lipinski definition) is 7. The van der Waals surface area contributed by atoms with Crippen molar-refractivity contribution in [3.05, 3.63) is 66.0 Å². The number of ether oxygens (including phenoxy) is 2. The van der Waals surface area contributed by atoms with Gasteiger partial charge < -0.3 is 28.9 Å². The molecule has 1 fully saturated rings. The summed E-state index contributed by atoms with van der Waals surface area (Å²) in [7, 11) is 0. The Balaban J connectivity index is 1.26. The number of para-hydroxylation sites is 1. The van der Waals surface area contributed by atoms with E-state index in [9.17, 15) is 9.90 Å². The highest BCUT2D eigenvalue weighted by atomic mass is 16.5. The van der Waals surface area contributed by atoms with Crippen molar-refractivity contribution in [1.29, 1.82) is 0 Å². The largest absolute Gasteiger partial charge is 0.492 e. The second-order valence-corrected chi connectivity index (χ2v) is 9.07. The Hall–Kier alpha value is -3.98. The van der Waals surface area contributed by atoms with Crippen LogP contribution >= 0.6 is 0 Å². The molecule has 0 bridgehead atoms. The lowest BCUT2D eigenvalue weighted by Crippen LogP contribution is -2.38. The van der Waals surface area contributed by atoms with Gasteiger partial charge in [-0.2, -0.15) is 4.98 Å². The number of aromatic nitrogens is 2. The zero-order chi connectivity index (χ0) is 25.8. The number of nitrogens with zero attached hydrogens (tertiary/aromatic N) is 3. The molecule has 0 aliphatic carbocycles. The summed E-state index contributed by atoms with van der Waals surface area (Å²) < 4.78 is 19.9. The molecule has 3 heterocycles. The molecule has 0 unspecified atom stereocenters. The molecule has 0 radical (unpaired) electrons. The van der Waals surface area contributed by atoms with Gasteiger partial charge in [-0.3, -0.25) is 4.90 Å². The molecule has 0 saturated carbocycles. The Morgan fingerprint density at radius 1 is 1.08 bits per heavy atom. The van der Waals surface area contributed by atoms with Crippen molar-refractivity contribution in [2.75, 3.05) is 31.6 Å². The first-order chi connectivity index (χ1) is 18.1. The molecule has 1 aliphatic rings. The molecule has 1 aliphatic heterocycles. The topological polar surface area (TPSA) is 102 Å². The first kappa shape index (κ1) is 24.7. The third-order valence-corrected chi connectivity index (χ3v) is 6.53. The number of hydrogen-bond donors (Lipinski definition) is 2. The van der Waals surface area contributed by atoms with Crippen molar-refractivity contribution < 1.29 is 23.8 Å². The Morgan fingerprint density at radius 3 is 2.38 bits per heavy atom. The minimum absolute atomic E-state index is 0.143. The number of carbonyl (C=O) groups is 1. The van der Waals surface area contributed by atoms with Crippen LogP contribution in [0.25, 0.3) is 16.8 Å². The molecule has 9 nitrogen and oxygen atoms in total. The average molecular weight is 505 g/mol. The molecule has 1 saturated heterocycles. The van der Waals surface area contributed by atoms with Crippen LogP contribution in [-0.2, 0) is 6.54 Å². The lowest BCUT2D eigenvalue weighted by molar-refractivity contribution is 0.0698. The van der Waals surface area contributed by atoms with Gasteiger partial charge in [-0.15, -0.1) is 0 Å². The maximum Gasteiger partial charge on any atom is 0.338 e. The van der Waals surface area contributed by atoms with Crippen molar-refractivity contribution in [3.8, 4) is 17.2 Å². The quantitative estimate of drug-likeness (QED) is 0.304. The van der Waals surface area contributed by atoms with E-state index in [0.717, 1.165) is 55.2 Å². The lowest BCUT2D eigenvalue weighted by Gasteiger charge is -2.32. The standard InChI is InChI=1S/C28H32N4O5/c1-3-35-23-16-19(17-24(36-4-2)26(23)32-12-5-6-13-32)18-31-14-10-20(11-15-31)29-28-30-25-21(27(33)34)8-7-9-22(25)37-28/h5-9,12-13,16-17,20H,3-4,10-11,14-15,18H2,1-2H3,(H,29,30)(H,33,34). The van der Waals surface area contributed by atoms with E-state index in [4.69, 9.17) is 13.9 Å². The summed E-state index contributed by atoms with van der Waals surface area (Å²) in [5, 5.41) is 12.8. The van der Waals surface area contributed by atoms with Crippen molar-refractivity contribution >= 4 is 23.1 Å². The van der Waals surface area contributed by atoms with E-state index in [1.807, 2.05) is 42.9 Å². The minimum atomic E-state index is -1.01. The van der Waals surface area contributed by atoms with Crippen LogP contribution in [0.4, 0.5) is 6.01 Å². The van der Waals surface area contributed by atoms with Crippen molar-refractivity contribution in [1.82, 2.24) is 14.5 Å². The highest BCUT2D eigenvalue weighted by Crippen LogP contribution is 2.35. The average Bonchev–Trinajstić information content (AvgIpc) is 3.55. The van der Waals surface area contributed by atoms with Gasteiger partial charge in [-0.05, 0) is 68.7 Å². The smallest absolute Gasteiger partial charge is 0.338 e. The summed E-state index contributed by atoms with van der Waals surface area (Å²) in [6, 6.07) is 13.7. The first-order valence-corrected chi connectivity index (χ1v) is 12.7. The molecule has 2 aromatic carbocycles. The summed E-state index contributed by atoms with van der Waals surface area (Å²) >= 11 is 0. The Bertz CT molecular complexity index is 1330. The third kappa shape index (κ3) is 5.41. The molecular formula is C28H32N4O5. The number of aromatic carboxylic acids is 1. The number of carboxylic acid groups (broad SMARTS) is 1. The fraction of sp³-hybridized carbons (Fsp3) is 0.357. The van der Waals surface area contributed by atoms with E-state index >= 15 is 0 Å². The summed E-state index contributed by atoms with van der Waals surface area (Å²) in [5.41, 5.74) is 3.05. The van der Waals surface area contributed by atoms with Gasteiger partial charge in [0.25, 0.3) is 6.01 Å². The van der Waals surface area contributed by atoms with E-state index in [1.165, 1.54) is 6.07 Å². The predicted molar refractivity (Wildman–Crippen MR) is 141 cm³/mol. The van der Waals surface area contributed by atoms with Crippen molar-refractivity contribution in [2.45, 2.75) is 39.3 Å². The van der Waals surface area contributed by atoms with Crippen molar-refractivity contribution in [3.63, 3.8) is 0 Å². The van der Waals surface area contributed by atoms with Gasteiger partial charge in [-0.25, -0.2) is 4.79 Å². The van der Waals surface area contributed by atoms with Gasteiger partial charge in [0.15, 0.2) is 5.58 Å². The van der Waals surface area contributed by atoms with Gasteiger partial charge in [0, 0.05) is 38.1 Å². The van der Waals surface area contributed by atoms with E-state index in [-0.39, 0.29) is 11.6 Å². The molecule has 37 heavy (non-hydrogen) atoms. The predicted octanol–water partition coefficient (Wildman–Crippen LogP) is 5.19. The zero-order valence-electron chi connectivity index (χ0n) is 21.1. The number of rotatable bonds is 10. The van der Waals surface area contributed by atoms with E-state index in [2.05, 4.69) is 27.3 Å². The van der Waals surface area contributed by atoms with Crippen LogP contribution in [-0.4, -0.2) is 57.9 Å². The van der Waals surface area contributed by atoms with Gasteiger partial charge in [0.2, 0.25) is 0 Å². The lowest BCUT2D eigenvalue weighted by atomic mass is 10.0. The fourth-order valence-corrected chi connectivity index (χ4v) is 4.85. The summed E-state index contributed by atoms with van der Waals surface area (Å²) in [5.74, 6) is 0.612. The molecule has 0 spiro atoms. The molecule has 0 atom stereocenters. The Kier molecular flexibility index (Phi) is 7.32. The molecule has 9 heteroatoms. The molecule has 4 aromatic rings. The van der Waals surface area contributed by atoms with Crippen LogP contribution in [0.15, 0.2) is 59.3 Å². The number of carboxylic acids is 1. The maximum atomic E-state index is 11.5. The van der Waals surface area contributed by atoms with Gasteiger partial charge >= 0.3 is 5.97 Å². The number of piperidine rings is 1. The maximum absolute atomic E-state index is 11.5. The summed E-state index contributed by atoms with van der Waals surface area (Å²) in [4.78, 5) is 18.3. The molecule has 5 rings (SSSR count). The number of fused-ring (bicyclic) bond motifs is 1. The van der Waals surface area contributed by atoms with Crippen LogP contribution in [0.3, 0.4) is 0 Å². The highest BCUT2D eigenvalue weighted by molar-refractivity contribution is 6.00. The molecule has 0 amide bonds. The number of benzene rings is 2. The van der Waals surface area contributed by atoms with Gasteiger partial charge in [0.1, 0.15) is 22.7 Å². The number of anilines is 1. The molecule has 2 N–H and O–H groups in total. The summed E-state index contributed by atoms with van der Waals surface area (Å²) in [6.07, 6.45) is 5.83. The van der Waals surface area contributed by atoms with E-state index < -0.39 is 5.97 Å². The van der Waals surface area contributed by atoms with Crippen LogP contribution in [0.2, 0.25) is 0 Å². The first-order valence-electron chi connectivity index (χ1n) is 12.7. The van der Waals surface area contributed by atoms with E-state index in [1.54, 1.807) is 12.1 Å². The number of nitrogens with one attached hydrogen (secondary N) is 1. The van der Waals surface area contributed by atoms with Crippen LogP contribution in [0, 0.1) is 0 Å². The zero-order valence-corrected chi connectivity index (χ0v) is 21.1. The Labute approximate surface area is 215 Å². The van der Waals surface area contributed by atoms with Crippen molar-refractivity contribution in [2.24, 2.45) is 0 Å². The molecule has 2 aromatic heterocycles. The molecule has 194 valence electrons. The summed E-state index contributed by atoms with van der Waals surface area (Å²) in [6.45, 7) is 7.74. The van der Waals surface area contributed by atoms with Gasteiger partial charge in [-0.1, -0.05) is 6.07 Å². The van der Waals surface area contributed by atoms with Crippen LogP contribution in [0.1, 0.15) is 42.6 Å².